The van der Waals surface area contributed by atoms with Crippen LogP contribution in [0.15, 0.2) is 60.7 Å². The van der Waals surface area contributed by atoms with E-state index in [1.54, 1.807) is 19.0 Å². The fraction of sp³-hybridized carbons (Fsp3) is 0.391. The first-order valence-corrected chi connectivity index (χ1v) is 9.98. The van der Waals surface area contributed by atoms with Gasteiger partial charge in [-0.05, 0) is 0 Å². The molecular formula is C23H30N3O2+. The van der Waals surface area contributed by atoms with Crippen LogP contribution in [-0.4, -0.2) is 61.9 Å². The van der Waals surface area contributed by atoms with E-state index < -0.39 is 0 Å². The molecule has 1 heterocycles. The Labute approximate surface area is 167 Å². The number of hydrogen-bond acceptors (Lipinski definition) is 2. The number of nitrogens with zero attached hydrogens (tertiary/aromatic N) is 2. The largest absolute Gasteiger partial charge is 0.349 e. The molecule has 1 N–H and O–H groups in total. The number of hydrogen-bond donors (Lipinski definition) is 1. The Bertz CT molecular complexity index is 729. The molecule has 1 fully saturated rings. The van der Waals surface area contributed by atoms with E-state index in [1.807, 2.05) is 17.0 Å². The number of quaternary nitrogens is 1. The van der Waals surface area contributed by atoms with Gasteiger partial charge in [0.25, 0.3) is 0 Å². The molecule has 5 heteroatoms. The van der Waals surface area contributed by atoms with E-state index in [-0.39, 0.29) is 24.3 Å². The Balaban J connectivity index is 1.64. The second-order valence-corrected chi connectivity index (χ2v) is 7.58. The molecule has 2 aromatic rings. The van der Waals surface area contributed by atoms with Crippen LogP contribution < -0.4 is 4.90 Å². The maximum Gasteiger partial charge on any atom is 0.223 e. The van der Waals surface area contributed by atoms with E-state index in [9.17, 15) is 9.59 Å². The predicted octanol–water partition coefficient (Wildman–Crippen LogP) is 1.37. The van der Waals surface area contributed by atoms with Crippen molar-refractivity contribution >= 4 is 11.8 Å². The Kier molecular flexibility index (Phi) is 6.82. The molecular weight excluding hydrogens is 350 g/mol. The van der Waals surface area contributed by atoms with Gasteiger partial charge in [0, 0.05) is 38.1 Å². The van der Waals surface area contributed by atoms with Crippen LogP contribution in [0.1, 0.15) is 30.0 Å². The molecule has 0 bridgehead atoms. The Hall–Kier alpha value is -2.66. The van der Waals surface area contributed by atoms with Gasteiger partial charge in [0.05, 0.1) is 26.2 Å². The molecule has 0 aliphatic carbocycles. The van der Waals surface area contributed by atoms with Gasteiger partial charge in [-0.2, -0.15) is 0 Å². The van der Waals surface area contributed by atoms with Gasteiger partial charge >= 0.3 is 0 Å². The minimum Gasteiger partial charge on any atom is -0.349 e. The summed E-state index contributed by atoms with van der Waals surface area (Å²) in [4.78, 5) is 29.2. The first-order chi connectivity index (χ1) is 13.6. The molecule has 0 radical (unpaired) electrons. The van der Waals surface area contributed by atoms with Gasteiger partial charge in [-0.3, -0.25) is 9.59 Å². The SMILES string of the molecule is CN(C)C(=O)CCC(=O)N1CC[NH+](C(c2ccccc2)c2ccccc2)CC1. The van der Waals surface area contributed by atoms with Crippen molar-refractivity contribution in [2.45, 2.75) is 18.9 Å². The zero-order valence-corrected chi connectivity index (χ0v) is 16.8. The summed E-state index contributed by atoms with van der Waals surface area (Å²) in [5, 5.41) is 0. The topological polar surface area (TPSA) is 45.1 Å². The van der Waals surface area contributed by atoms with E-state index in [0.717, 1.165) is 26.2 Å². The number of amides is 2. The monoisotopic (exact) mass is 380 g/mol. The summed E-state index contributed by atoms with van der Waals surface area (Å²) < 4.78 is 0. The summed E-state index contributed by atoms with van der Waals surface area (Å²) in [6.45, 7) is 3.28. The minimum absolute atomic E-state index is 0.00540. The molecule has 2 aromatic carbocycles. The second kappa shape index (κ2) is 9.51. The lowest BCUT2D eigenvalue weighted by molar-refractivity contribution is -0.929. The Morgan fingerprint density at radius 1 is 0.893 bits per heavy atom. The zero-order valence-electron chi connectivity index (χ0n) is 16.8. The summed E-state index contributed by atoms with van der Waals surface area (Å²) >= 11 is 0. The van der Waals surface area contributed by atoms with Crippen LogP contribution in [0, 0.1) is 0 Å². The molecule has 0 spiro atoms. The van der Waals surface area contributed by atoms with E-state index in [0.29, 0.717) is 6.42 Å². The third-order valence-electron chi connectivity index (χ3n) is 5.48. The maximum absolute atomic E-state index is 12.5. The number of carbonyl (C=O) groups is 2. The highest BCUT2D eigenvalue weighted by Gasteiger charge is 2.31. The van der Waals surface area contributed by atoms with Crippen LogP contribution in [0.5, 0.6) is 0 Å². The smallest absolute Gasteiger partial charge is 0.223 e. The molecule has 2 amide bonds. The predicted molar refractivity (Wildman–Crippen MR) is 110 cm³/mol. The normalized spacial score (nSPS) is 14.9. The first kappa shape index (κ1) is 20.1. The van der Waals surface area contributed by atoms with Crippen LogP contribution in [0.4, 0.5) is 0 Å². The third-order valence-corrected chi connectivity index (χ3v) is 5.48. The highest BCUT2D eigenvalue weighted by molar-refractivity contribution is 5.83. The summed E-state index contributed by atoms with van der Waals surface area (Å²) in [6.07, 6.45) is 0.586. The van der Waals surface area contributed by atoms with Crippen molar-refractivity contribution in [3.05, 3.63) is 71.8 Å². The second-order valence-electron chi connectivity index (χ2n) is 7.58. The lowest BCUT2D eigenvalue weighted by Crippen LogP contribution is -3.15. The number of nitrogens with one attached hydrogen (secondary N) is 1. The highest BCUT2D eigenvalue weighted by atomic mass is 16.2. The van der Waals surface area contributed by atoms with Gasteiger partial charge in [-0.25, -0.2) is 0 Å². The third kappa shape index (κ3) is 4.98. The minimum atomic E-state index is 0.00540. The van der Waals surface area contributed by atoms with Crippen LogP contribution in [0.3, 0.4) is 0 Å². The lowest BCUT2D eigenvalue weighted by atomic mass is 9.96. The molecule has 0 atom stereocenters. The van der Waals surface area contributed by atoms with Crippen LogP contribution in [0.2, 0.25) is 0 Å². The van der Waals surface area contributed by atoms with Crippen LogP contribution in [0.25, 0.3) is 0 Å². The summed E-state index contributed by atoms with van der Waals surface area (Å²) in [5.74, 6) is 0.0936. The van der Waals surface area contributed by atoms with Crippen molar-refractivity contribution in [2.24, 2.45) is 0 Å². The van der Waals surface area contributed by atoms with E-state index in [4.69, 9.17) is 0 Å². The lowest BCUT2D eigenvalue weighted by Gasteiger charge is -2.37. The number of carbonyl (C=O) groups excluding carboxylic acids is 2. The van der Waals surface area contributed by atoms with Gasteiger partial charge in [0.2, 0.25) is 11.8 Å². The molecule has 28 heavy (non-hydrogen) atoms. The van der Waals surface area contributed by atoms with Crippen molar-refractivity contribution in [1.82, 2.24) is 9.80 Å². The van der Waals surface area contributed by atoms with E-state index >= 15 is 0 Å². The van der Waals surface area contributed by atoms with Gasteiger partial charge < -0.3 is 14.7 Å². The maximum atomic E-state index is 12.5. The molecule has 0 saturated carbocycles. The standard InChI is InChI=1S/C23H29N3O2/c1-24(2)21(27)13-14-22(28)25-15-17-26(18-16-25)23(19-9-5-3-6-10-19)20-11-7-4-8-12-20/h3-12,23H,13-18H2,1-2H3/p+1. The van der Waals surface area contributed by atoms with Crippen molar-refractivity contribution in [2.75, 3.05) is 40.3 Å². The Morgan fingerprint density at radius 3 is 1.86 bits per heavy atom. The van der Waals surface area contributed by atoms with Crippen molar-refractivity contribution in [1.29, 1.82) is 0 Å². The molecule has 5 nitrogen and oxygen atoms in total. The van der Waals surface area contributed by atoms with Crippen LogP contribution >= 0.6 is 0 Å². The fourth-order valence-electron chi connectivity index (χ4n) is 3.88. The Morgan fingerprint density at radius 2 is 1.39 bits per heavy atom. The number of rotatable bonds is 6. The molecule has 1 saturated heterocycles. The average Bonchev–Trinajstić information content (AvgIpc) is 2.74. The van der Waals surface area contributed by atoms with Crippen molar-refractivity contribution in [3.63, 3.8) is 0 Å². The van der Waals surface area contributed by atoms with E-state index in [2.05, 4.69) is 48.5 Å². The van der Waals surface area contributed by atoms with Gasteiger partial charge in [0.1, 0.15) is 6.04 Å². The summed E-state index contributed by atoms with van der Waals surface area (Å²) in [7, 11) is 3.45. The summed E-state index contributed by atoms with van der Waals surface area (Å²) in [5.41, 5.74) is 2.61. The molecule has 1 aliphatic rings. The molecule has 0 aromatic heterocycles. The van der Waals surface area contributed by atoms with Gasteiger partial charge in [0.15, 0.2) is 0 Å². The quantitative estimate of drug-likeness (QED) is 0.823. The molecule has 148 valence electrons. The molecule has 1 aliphatic heterocycles. The fourth-order valence-corrected chi connectivity index (χ4v) is 3.88. The van der Waals surface area contributed by atoms with E-state index in [1.165, 1.54) is 16.0 Å². The van der Waals surface area contributed by atoms with Crippen molar-refractivity contribution in [3.8, 4) is 0 Å². The highest BCUT2D eigenvalue weighted by Crippen LogP contribution is 2.19. The first-order valence-electron chi connectivity index (χ1n) is 9.98. The van der Waals surface area contributed by atoms with Crippen molar-refractivity contribution < 1.29 is 14.5 Å². The molecule has 3 rings (SSSR count). The number of benzene rings is 2. The molecule has 0 unspecified atom stereocenters. The van der Waals surface area contributed by atoms with Crippen LogP contribution in [-0.2, 0) is 9.59 Å². The van der Waals surface area contributed by atoms with Gasteiger partial charge in [-0.15, -0.1) is 0 Å². The summed E-state index contributed by atoms with van der Waals surface area (Å²) in [6, 6.07) is 21.5. The number of piperazine rings is 1. The van der Waals surface area contributed by atoms with Gasteiger partial charge in [-0.1, -0.05) is 60.7 Å². The average molecular weight is 381 g/mol. The zero-order chi connectivity index (χ0) is 19.9.